The van der Waals surface area contributed by atoms with Crippen LogP contribution >= 0.6 is 0 Å². The highest BCUT2D eigenvalue weighted by Crippen LogP contribution is 2.71. The van der Waals surface area contributed by atoms with Gasteiger partial charge in [0, 0.05) is 17.8 Å². The minimum absolute atomic E-state index is 0.000388. The summed E-state index contributed by atoms with van der Waals surface area (Å²) in [5.41, 5.74) is -7.60. The number of hydrogen-bond donors (Lipinski definition) is 2. The second-order valence-electron chi connectivity index (χ2n) is 12.8. The maximum atomic E-state index is 14.1. The summed E-state index contributed by atoms with van der Waals surface area (Å²) in [6.45, 7) is 14.7. The molecule has 0 aromatic carbocycles. The quantitative estimate of drug-likeness (QED) is 0.209. The molecule has 0 spiro atoms. The van der Waals surface area contributed by atoms with Crippen LogP contribution in [-0.4, -0.2) is 77.5 Å². The van der Waals surface area contributed by atoms with Gasteiger partial charge in [-0.15, -0.1) is 0 Å². The molecule has 3 rings (SSSR count). The summed E-state index contributed by atoms with van der Waals surface area (Å²) < 4.78 is 21.0. The van der Waals surface area contributed by atoms with Gasteiger partial charge >= 0.3 is 23.9 Å². The molecule has 0 aromatic heterocycles. The molecule has 40 heavy (non-hydrogen) atoms. The van der Waals surface area contributed by atoms with Gasteiger partial charge in [0.05, 0.1) is 43.7 Å². The van der Waals surface area contributed by atoms with Gasteiger partial charge in [-0.2, -0.15) is 0 Å². The first-order valence-corrected chi connectivity index (χ1v) is 13.4. The van der Waals surface area contributed by atoms with Crippen molar-refractivity contribution in [3.63, 3.8) is 0 Å². The minimum Gasteiger partial charge on any atom is -0.469 e. The van der Waals surface area contributed by atoms with Crippen molar-refractivity contribution in [1.29, 1.82) is 0 Å². The Balaban J connectivity index is 2.34. The molecule has 224 valence electrons. The predicted octanol–water partition coefficient (Wildman–Crippen LogP) is 1.90. The van der Waals surface area contributed by atoms with E-state index < -0.39 is 93.5 Å². The van der Waals surface area contributed by atoms with Crippen molar-refractivity contribution in [1.82, 2.24) is 0 Å². The number of hydrogen-bond acceptors (Lipinski definition) is 11. The van der Waals surface area contributed by atoms with E-state index in [9.17, 15) is 34.2 Å². The molecule has 3 fully saturated rings. The summed E-state index contributed by atoms with van der Waals surface area (Å²) >= 11 is 0. The van der Waals surface area contributed by atoms with Gasteiger partial charge in [-0.1, -0.05) is 26.0 Å². The number of carbonyl (C=O) groups is 5. The molecule has 9 unspecified atom stereocenters. The molecule has 0 aromatic rings. The number of aliphatic hydroxyl groups is 2. The van der Waals surface area contributed by atoms with Gasteiger partial charge in [0.25, 0.3) is 5.60 Å². The molecular formula is C29H42O11. The number of esters is 4. The van der Waals surface area contributed by atoms with Crippen LogP contribution in [0.1, 0.15) is 67.7 Å². The number of ketones is 1. The van der Waals surface area contributed by atoms with Crippen molar-refractivity contribution >= 4 is 29.7 Å². The van der Waals surface area contributed by atoms with Crippen LogP contribution in [0, 0.1) is 34.0 Å². The van der Waals surface area contributed by atoms with Crippen molar-refractivity contribution < 1.29 is 53.1 Å². The average molecular weight is 567 g/mol. The van der Waals surface area contributed by atoms with E-state index in [1.807, 2.05) is 0 Å². The zero-order chi connectivity index (χ0) is 30.8. The van der Waals surface area contributed by atoms with E-state index in [-0.39, 0.29) is 12.8 Å². The molecule has 0 amide bonds. The molecule has 0 radical (unpaired) electrons. The number of aliphatic hydroxyl groups excluding tert-OH is 1. The number of ether oxygens (including phenoxy) is 4. The van der Waals surface area contributed by atoms with E-state index in [1.54, 1.807) is 27.7 Å². The van der Waals surface area contributed by atoms with E-state index in [0.29, 0.717) is 5.57 Å². The molecule has 9 atom stereocenters. The van der Waals surface area contributed by atoms with Gasteiger partial charge in [-0.25, -0.2) is 4.79 Å². The Hall–Kier alpha value is -2.79. The Morgan fingerprint density at radius 3 is 2.17 bits per heavy atom. The van der Waals surface area contributed by atoms with Gasteiger partial charge in [0.2, 0.25) is 0 Å². The number of fused-ring (bicyclic) bond motifs is 3. The van der Waals surface area contributed by atoms with E-state index in [1.165, 1.54) is 27.9 Å². The van der Waals surface area contributed by atoms with E-state index in [4.69, 9.17) is 18.9 Å². The third-order valence-electron chi connectivity index (χ3n) is 10.3. The number of rotatable bonds is 6. The highest BCUT2D eigenvalue weighted by atomic mass is 16.6. The highest BCUT2D eigenvalue weighted by Gasteiger charge is 2.77. The maximum absolute atomic E-state index is 14.1. The second kappa shape index (κ2) is 9.94. The standard InChI is InChI=1S/C29H42O11/c1-14-11-17-27(6,18(31)13-20(32)37-9)16(25(3,4)36)12-19(39-15(2)30)28(17,7)21-22(33)40-29(8,24(35)38-10)23(34)26(14,21)5/h16-19,21,31,36H,1,11-13H2,2-10H3. The third kappa shape index (κ3) is 4.27. The Labute approximate surface area is 234 Å². The zero-order valence-corrected chi connectivity index (χ0v) is 24.8. The molecular weight excluding hydrogens is 524 g/mol. The van der Waals surface area contributed by atoms with Crippen LogP contribution in [0.3, 0.4) is 0 Å². The van der Waals surface area contributed by atoms with Gasteiger partial charge in [-0.3, -0.25) is 19.2 Å². The topological polar surface area (TPSA) is 163 Å². The van der Waals surface area contributed by atoms with Crippen LogP contribution in [0.15, 0.2) is 12.2 Å². The third-order valence-corrected chi connectivity index (χ3v) is 10.3. The monoisotopic (exact) mass is 566 g/mol. The fourth-order valence-electron chi connectivity index (χ4n) is 8.23. The lowest BCUT2D eigenvalue weighted by Crippen LogP contribution is -2.75. The van der Waals surface area contributed by atoms with Crippen LogP contribution in [0.2, 0.25) is 0 Å². The van der Waals surface area contributed by atoms with Gasteiger partial charge in [0.15, 0.2) is 5.78 Å². The number of cyclic esters (lactones) is 1. The lowest BCUT2D eigenvalue weighted by Gasteiger charge is -2.68. The Morgan fingerprint density at radius 1 is 1.12 bits per heavy atom. The van der Waals surface area contributed by atoms with Crippen molar-refractivity contribution in [2.75, 3.05) is 14.2 Å². The largest absolute Gasteiger partial charge is 0.469 e. The summed E-state index contributed by atoms with van der Waals surface area (Å²) in [6, 6.07) is 0. The lowest BCUT2D eigenvalue weighted by molar-refractivity contribution is -0.264. The second-order valence-corrected chi connectivity index (χ2v) is 12.8. The Kier molecular flexibility index (Phi) is 7.88. The summed E-state index contributed by atoms with van der Waals surface area (Å²) in [7, 11) is 2.28. The van der Waals surface area contributed by atoms with Crippen LogP contribution in [0.5, 0.6) is 0 Å². The number of carbonyl (C=O) groups excluding carboxylic acids is 5. The minimum atomic E-state index is -2.22. The fourth-order valence-corrected chi connectivity index (χ4v) is 8.23. The van der Waals surface area contributed by atoms with E-state index >= 15 is 0 Å². The molecule has 2 aliphatic carbocycles. The molecule has 1 heterocycles. The zero-order valence-electron chi connectivity index (χ0n) is 24.8. The number of Topliss-reactive ketones (excluding diaryl/α,β-unsaturated/α-hetero) is 1. The molecule has 1 aliphatic heterocycles. The van der Waals surface area contributed by atoms with Gasteiger partial charge in [0.1, 0.15) is 6.10 Å². The Bertz CT molecular complexity index is 1140. The van der Waals surface area contributed by atoms with Crippen molar-refractivity contribution in [3.05, 3.63) is 12.2 Å². The van der Waals surface area contributed by atoms with Crippen LogP contribution < -0.4 is 0 Å². The fraction of sp³-hybridized carbons (Fsp3) is 0.759. The van der Waals surface area contributed by atoms with Gasteiger partial charge in [-0.05, 0) is 52.4 Å². The van der Waals surface area contributed by atoms with Crippen molar-refractivity contribution in [2.45, 2.75) is 91.1 Å². The molecule has 0 bridgehead atoms. The first-order valence-electron chi connectivity index (χ1n) is 13.4. The summed E-state index contributed by atoms with van der Waals surface area (Å²) in [5, 5.41) is 23.0. The summed E-state index contributed by atoms with van der Waals surface area (Å²) in [4.78, 5) is 65.5. The molecule has 3 aliphatic rings. The molecule has 2 N–H and O–H groups in total. The van der Waals surface area contributed by atoms with Gasteiger partial charge < -0.3 is 29.2 Å². The lowest BCUT2D eigenvalue weighted by atomic mass is 9.36. The smallest absolute Gasteiger partial charge is 0.358 e. The number of allylic oxidation sites excluding steroid dienone is 1. The highest BCUT2D eigenvalue weighted by molar-refractivity contribution is 6.15. The average Bonchev–Trinajstić information content (AvgIpc) is 2.84. The van der Waals surface area contributed by atoms with E-state index in [2.05, 4.69) is 6.58 Å². The molecule has 1 saturated heterocycles. The normalized spacial score (nSPS) is 40.2. The number of methoxy groups -OCH3 is 2. The molecule has 11 nitrogen and oxygen atoms in total. The van der Waals surface area contributed by atoms with Crippen LogP contribution in [0.4, 0.5) is 0 Å². The van der Waals surface area contributed by atoms with Crippen LogP contribution in [0.25, 0.3) is 0 Å². The van der Waals surface area contributed by atoms with E-state index in [0.717, 1.165) is 7.11 Å². The summed E-state index contributed by atoms with van der Waals surface area (Å²) in [6.07, 6.45) is -2.71. The van der Waals surface area contributed by atoms with Crippen molar-refractivity contribution in [3.8, 4) is 0 Å². The first-order chi connectivity index (χ1) is 18.2. The summed E-state index contributed by atoms with van der Waals surface area (Å²) in [5.74, 6) is -6.72. The molecule has 11 heteroatoms. The van der Waals surface area contributed by atoms with Crippen LogP contribution in [-0.2, 0) is 42.9 Å². The predicted molar refractivity (Wildman–Crippen MR) is 139 cm³/mol. The Morgan fingerprint density at radius 2 is 1.70 bits per heavy atom. The molecule has 2 saturated carbocycles. The maximum Gasteiger partial charge on any atom is 0.358 e. The SMILES string of the molecule is C=C1CC2C(C)(C(O)CC(=O)OC)C(C(C)(C)O)CC(OC(C)=O)C2(C)C2C(=O)OC(C)(C(=O)OC)C(=O)C12C. The first kappa shape index (κ1) is 31.7. The van der Waals surface area contributed by atoms with Crippen molar-refractivity contribution in [2.24, 2.45) is 34.0 Å².